The molecule has 0 bridgehead atoms. The first-order valence-electron chi connectivity index (χ1n) is 11.0. The minimum absolute atomic E-state index is 0.0649. The Morgan fingerprint density at radius 3 is 2.82 bits per heavy atom. The van der Waals surface area contributed by atoms with Gasteiger partial charge in [0.2, 0.25) is 0 Å². The first-order chi connectivity index (χ1) is 16.4. The summed E-state index contributed by atoms with van der Waals surface area (Å²) in [4.78, 5) is 26.2. The molecule has 4 aromatic rings. The van der Waals surface area contributed by atoms with Crippen LogP contribution < -0.4 is 16.0 Å². The number of aromatic amines is 1. The molecule has 1 amide bonds. The van der Waals surface area contributed by atoms with Crippen molar-refractivity contribution in [3.8, 4) is 22.6 Å². The lowest BCUT2D eigenvalue weighted by Crippen LogP contribution is -2.23. The monoisotopic (exact) mass is 463 g/mol. The summed E-state index contributed by atoms with van der Waals surface area (Å²) in [5, 5.41) is 3.19. The van der Waals surface area contributed by atoms with Crippen LogP contribution >= 0.6 is 0 Å². The number of carbonyl (C=O) groups excluding carboxylic acids is 1. The normalized spacial score (nSPS) is 15.9. The van der Waals surface area contributed by atoms with E-state index in [0.717, 1.165) is 18.7 Å². The van der Waals surface area contributed by atoms with Crippen molar-refractivity contribution in [1.82, 2.24) is 24.8 Å². The predicted molar refractivity (Wildman–Crippen MR) is 129 cm³/mol. The lowest BCUT2D eigenvalue weighted by atomic mass is 10.0. The van der Waals surface area contributed by atoms with Crippen molar-refractivity contribution in [3.05, 3.63) is 48.2 Å². The van der Waals surface area contributed by atoms with E-state index in [1.54, 1.807) is 26.4 Å². The van der Waals surface area contributed by atoms with Crippen LogP contribution in [0.4, 0.5) is 15.9 Å². The first kappa shape index (κ1) is 21.9. The van der Waals surface area contributed by atoms with Gasteiger partial charge in [-0.15, -0.1) is 0 Å². The van der Waals surface area contributed by atoms with Gasteiger partial charge < -0.3 is 30.2 Å². The average Bonchev–Trinajstić information content (AvgIpc) is 3.58. The SMILES string of the molecule is CNC(=O)c1cnc(N)c2[nH]c(-c3c(F)cc(-c4nccn4C)cc3N3CC[C@@H](OC)C3)cc12. The van der Waals surface area contributed by atoms with E-state index in [9.17, 15) is 4.79 Å². The van der Waals surface area contributed by atoms with Crippen molar-refractivity contribution in [3.63, 3.8) is 0 Å². The zero-order valence-electron chi connectivity index (χ0n) is 19.2. The highest BCUT2D eigenvalue weighted by molar-refractivity contribution is 6.09. The Bertz CT molecular complexity index is 1390. The number of nitrogens with one attached hydrogen (secondary N) is 2. The predicted octanol–water partition coefficient (Wildman–Crippen LogP) is 2.94. The molecule has 0 spiro atoms. The number of aromatic nitrogens is 4. The van der Waals surface area contributed by atoms with Crippen LogP contribution in [0.5, 0.6) is 0 Å². The molecule has 9 nitrogen and oxygen atoms in total. The zero-order chi connectivity index (χ0) is 24.0. The maximum absolute atomic E-state index is 15.9. The van der Waals surface area contributed by atoms with Crippen molar-refractivity contribution in [1.29, 1.82) is 0 Å². The number of anilines is 2. The van der Waals surface area contributed by atoms with Crippen LogP contribution in [0.3, 0.4) is 0 Å². The van der Waals surface area contributed by atoms with Crippen LogP contribution in [0.1, 0.15) is 16.8 Å². The van der Waals surface area contributed by atoms with Gasteiger partial charge in [-0.25, -0.2) is 14.4 Å². The molecule has 4 N–H and O–H groups in total. The second kappa shape index (κ2) is 8.45. The number of rotatable bonds is 5. The first-order valence-corrected chi connectivity index (χ1v) is 11.0. The standard InChI is InChI=1S/C24H26FN7O2/c1-27-24(33)16-11-29-22(26)21-15(16)10-18(30-21)20-17(25)8-13(23-28-5-7-31(23)2)9-19(20)32-6-4-14(12-32)34-3/h5,7-11,14,30H,4,6,12H2,1-3H3,(H2,26,29)(H,27,33)/t14-/m1/s1. The van der Waals surface area contributed by atoms with Crippen molar-refractivity contribution < 1.29 is 13.9 Å². The number of imidazole rings is 1. The van der Waals surface area contributed by atoms with Crippen LogP contribution in [0.2, 0.25) is 0 Å². The van der Waals surface area contributed by atoms with Crippen molar-refractivity contribution in [2.24, 2.45) is 7.05 Å². The number of amides is 1. The Kier molecular flexibility index (Phi) is 5.45. The zero-order valence-corrected chi connectivity index (χ0v) is 19.2. The fourth-order valence-corrected chi connectivity index (χ4v) is 4.61. The van der Waals surface area contributed by atoms with Gasteiger partial charge in [-0.3, -0.25) is 4.79 Å². The number of nitrogen functional groups attached to an aromatic ring is 1. The molecule has 0 radical (unpaired) electrons. The Balaban J connectivity index is 1.72. The molecule has 0 aliphatic carbocycles. The summed E-state index contributed by atoms with van der Waals surface area (Å²) in [5.74, 6) is 0.203. The van der Waals surface area contributed by atoms with E-state index in [2.05, 4.69) is 25.2 Å². The van der Waals surface area contributed by atoms with E-state index < -0.39 is 5.82 Å². The maximum Gasteiger partial charge on any atom is 0.253 e. The fourth-order valence-electron chi connectivity index (χ4n) is 4.61. The minimum Gasteiger partial charge on any atom is -0.382 e. The van der Waals surface area contributed by atoms with Gasteiger partial charge in [-0.2, -0.15) is 0 Å². The summed E-state index contributed by atoms with van der Waals surface area (Å²) >= 11 is 0. The lowest BCUT2D eigenvalue weighted by Gasteiger charge is -2.23. The van der Waals surface area contributed by atoms with Gasteiger partial charge in [0.1, 0.15) is 17.5 Å². The number of methoxy groups -OCH3 is 1. The van der Waals surface area contributed by atoms with E-state index >= 15 is 4.39 Å². The number of hydrogen-bond donors (Lipinski definition) is 3. The lowest BCUT2D eigenvalue weighted by molar-refractivity contribution is 0.0964. The third-order valence-electron chi connectivity index (χ3n) is 6.41. The number of halogens is 1. The number of nitrogens with zero attached hydrogens (tertiary/aromatic N) is 4. The highest BCUT2D eigenvalue weighted by Crippen LogP contribution is 2.40. The Hall–Kier alpha value is -3.92. The second-order valence-electron chi connectivity index (χ2n) is 8.41. The number of H-pyrrole nitrogens is 1. The molecular weight excluding hydrogens is 437 g/mol. The van der Waals surface area contributed by atoms with E-state index in [1.165, 1.54) is 12.3 Å². The summed E-state index contributed by atoms with van der Waals surface area (Å²) in [6, 6.07) is 5.19. The van der Waals surface area contributed by atoms with E-state index in [4.69, 9.17) is 10.5 Å². The molecule has 1 aliphatic heterocycles. The molecule has 0 unspecified atom stereocenters. The number of benzene rings is 1. The molecule has 176 valence electrons. The molecule has 3 aromatic heterocycles. The van der Waals surface area contributed by atoms with E-state index in [1.807, 2.05) is 23.9 Å². The van der Waals surface area contributed by atoms with E-state index in [-0.39, 0.29) is 17.8 Å². The van der Waals surface area contributed by atoms with Crippen LogP contribution in [0, 0.1) is 5.82 Å². The summed E-state index contributed by atoms with van der Waals surface area (Å²) in [5.41, 5.74) is 9.25. The largest absolute Gasteiger partial charge is 0.382 e. The van der Waals surface area contributed by atoms with Gasteiger partial charge >= 0.3 is 0 Å². The van der Waals surface area contributed by atoms with Crippen LogP contribution in [0.15, 0.2) is 36.8 Å². The smallest absolute Gasteiger partial charge is 0.253 e. The maximum atomic E-state index is 15.9. The van der Waals surface area contributed by atoms with Gasteiger partial charge in [0.05, 0.1) is 28.4 Å². The fraction of sp³-hybridized carbons (Fsp3) is 0.292. The number of ether oxygens (including phenoxy) is 1. The molecule has 0 saturated carbocycles. The molecule has 10 heteroatoms. The number of hydrogen-bond acceptors (Lipinski definition) is 6. The molecule has 34 heavy (non-hydrogen) atoms. The average molecular weight is 464 g/mol. The molecule has 1 atom stereocenters. The number of aryl methyl sites for hydroxylation is 1. The highest BCUT2D eigenvalue weighted by Gasteiger charge is 2.28. The molecule has 1 saturated heterocycles. The third kappa shape index (κ3) is 3.56. The minimum atomic E-state index is -0.407. The topological polar surface area (TPSA) is 114 Å². The molecule has 5 rings (SSSR count). The molecule has 1 fully saturated rings. The van der Waals surface area contributed by atoms with Gasteiger partial charge in [-0.1, -0.05) is 0 Å². The molecule has 1 aliphatic rings. The third-order valence-corrected chi connectivity index (χ3v) is 6.41. The number of fused-ring (bicyclic) bond motifs is 1. The van der Waals surface area contributed by atoms with Crippen LogP contribution in [-0.4, -0.2) is 58.8 Å². The van der Waals surface area contributed by atoms with Crippen LogP contribution in [0.25, 0.3) is 33.5 Å². The Morgan fingerprint density at radius 2 is 2.15 bits per heavy atom. The quantitative estimate of drug-likeness (QED) is 0.419. The Labute approximate surface area is 195 Å². The second-order valence-corrected chi connectivity index (χ2v) is 8.41. The summed E-state index contributed by atoms with van der Waals surface area (Å²) < 4.78 is 23.3. The highest BCUT2D eigenvalue weighted by atomic mass is 19.1. The summed E-state index contributed by atoms with van der Waals surface area (Å²) in [6.07, 6.45) is 5.85. The summed E-state index contributed by atoms with van der Waals surface area (Å²) in [7, 11) is 5.11. The molecule has 1 aromatic carbocycles. The van der Waals surface area contributed by atoms with Crippen LogP contribution in [-0.2, 0) is 11.8 Å². The van der Waals surface area contributed by atoms with Gasteiger partial charge in [-0.05, 0) is 24.6 Å². The number of nitrogens with two attached hydrogens (primary N) is 1. The van der Waals surface area contributed by atoms with Gasteiger partial charge in [0.15, 0.2) is 0 Å². The Morgan fingerprint density at radius 1 is 1.32 bits per heavy atom. The van der Waals surface area contributed by atoms with Gasteiger partial charge in [0.25, 0.3) is 5.91 Å². The molecule has 4 heterocycles. The van der Waals surface area contributed by atoms with Crippen molar-refractivity contribution >= 4 is 28.3 Å². The number of pyridine rings is 1. The van der Waals surface area contributed by atoms with Gasteiger partial charge in [0, 0.05) is 69.5 Å². The van der Waals surface area contributed by atoms with Crippen molar-refractivity contribution in [2.75, 3.05) is 37.9 Å². The number of carbonyl (C=O) groups is 1. The summed E-state index contributed by atoms with van der Waals surface area (Å²) in [6.45, 7) is 1.36. The van der Waals surface area contributed by atoms with Crippen molar-refractivity contribution in [2.45, 2.75) is 12.5 Å². The molecular formula is C24H26FN7O2. The van der Waals surface area contributed by atoms with E-state index in [0.29, 0.717) is 45.7 Å².